The number of benzene rings is 1. The molecule has 1 aliphatic rings. The monoisotopic (exact) mass is 330 g/mol. The molecule has 6 heteroatoms. The summed E-state index contributed by atoms with van der Waals surface area (Å²) in [7, 11) is 1.38. The number of nitrogens with zero attached hydrogens (tertiary/aromatic N) is 1. The van der Waals surface area contributed by atoms with Crippen molar-refractivity contribution in [2.75, 3.05) is 33.3 Å². The van der Waals surface area contributed by atoms with Crippen molar-refractivity contribution in [2.45, 2.75) is 33.0 Å². The van der Waals surface area contributed by atoms with Crippen molar-refractivity contribution >= 4 is 0 Å². The van der Waals surface area contributed by atoms with E-state index < -0.39 is 11.7 Å². The largest absolute Gasteiger partial charge is 0.497 e. The Morgan fingerprint density at radius 2 is 1.74 bits per heavy atom. The predicted octanol–water partition coefficient (Wildman–Crippen LogP) is 3.71. The number of ether oxygens (including phenoxy) is 1. The van der Waals surface area contributed by atoms with Gasteiger partial charge in [0, 0.05) is 32.2 Å². The van der Waals surface area contributed by atoms with Crippen molar-refractivity contribution in [3.63, 3.8) is 0 Å². The van der Waals surface area contributed by atoms with Crippen LogP contribution in [-0.2, 0) is 6.18 Å². The first-order valence-corrected chi connectivity index (χ1v) is 7.84. The number of hydrogen-bond acceptors (Lipinski definition) is 3. The van der Waals surface area contributed by atoms with Crippen LogP contribution in [0.2, 0.25) is 0 Å². The first-order valence-electron chi connectivity index (χ1n) is 7.84. The maximum Gasteiger partial charge on any atom is 0.416 e. The fourth-order valence-electron chi connectivity index (χ4n) is 3.30. The van der Waals surface area contributed by atoms with Gasteiger partial charge >= 0.3 is 6.18 Å². The van der Waals surface area contributed by atoms with E-state index in [1.807, 2.05) is 20.8 Å². The summed E-state index contributed by atoms with van der Waals surface area (Å²) in [6.07, 6.45) is -4.40. The van der Waals surface area contributed by atoms with Crippen LogP contribution in [0.1, 0.15) is 37.9 Å². The van der Waals surface area contributed by atoms with Crippen LogP contribution >= 0.6 is 0 Å². The molecule has 1 saturated heterocycles. The molecule has 0 bridgehead atoms. The van der Waals surface area contributed by atoms with Crippen molar-refractivity contribution in [1.82, 2.24) is 10.2 Å². The fourth-order valence-corrected chi connectivity index (χ4v) is 3.30. The molecule has 1 fully saturated rings. The quantitative estimate of drug-likeness (QED) is 0.914. The maximum absolute atomic E-state index is 13.6. The van der Waals surface area contributed by atoms with Gasteiger partial charge in [-0.3, -0.25) is 4.90 Å². The summed E-state index contributed by atoms with van der Waals surface area (Å²) in [5.41, 5.74) is -0.589. The van der Waals surface area contributed by atoms with Gasteiger partial charge in [-0.25, -0.2) is 0 Å². The average Bonchev–Trinajstić information content (AvgIpc) is 2.46. The summed E-state index contributed by atoms with van der Waals surface area (Å²) >= 11 is 0. The summed E-state index contributed by atoms with van der Waals surface area (Å²) in [5, 5.41) is 3.25. The van der Waals surface area contributed by atoms with Gasteiger partial charge in [0.05, 0.1) is 12.7 Å². The molecule has 1 atom stereocenters. The topological polar surface area (TPSA) is 24.5 Å². The van der Waals surface area contributed by atoms with Gasteiger partial charge in [0.25, 0.3) is 0 Å². The molecule has 23 heavy (non-hydrogen) atoms. The Labute approximate surface area is 135 Å². The second-order valence-electron chi connectivity index (χ2n) is 7.01. The molecule has 3 nitrogen and oxygen atoms in total. The average molecular weight is 330 g/mol. The minimum absolute atomic E-state index is 0.231. The van der Waals surface area contributed by atoms with E-state index in [1.165, 1.54) is 7.11 Å². The lowest BCUT2D eigenvalue weighted by atomic mass is 9.79. The molecular weight excluding hydrogens is 305 g/mol. The highest BCUT2D eigenvalue weighted by molar-refractivity contribution is 5.40. The lowest BCUT2D eigenvalue weighted by molar-refractivity contribution is -0.139. The molecule has 1 aromatic carbocycles. The van der Waals surface area contributed by atoms with E-state index in [2.05, 4.69) is 10.2 Å². The van der Waals surface area contributed by atoms with E-state index >= 15 is 0 Å². The van der Waals surface area contributed by atoms with Crippen LogP contribution < -0.4 is 10.1 Å². The van der Waals surface area contributed by atoms with Crippen molar-refractivity contribution in [3.8, 4) is 5.75 Å². The van der Waals surface area contributed by atoms with Crippen LogP contribution in [0.15, 0.2) is 18.2 Å². The molecule has 0 amide bonds. The number of piperazine rings is 1. The van der Waals surface area contributed by atoms with Crippen molar-refractivity contribution in [1.29, 1.82) is 0 Å². The molecule has 2 rings (SSSR count). The third-order valence-corrected chi connectivity index (χ3v) is 4.20. The Hall–Kier alpha value is -1.27. The summed E-state index contributed by atoms with van der Waals surface area (Å²) in [6, 6.07) is 3.99. The number of nitrogens with one attached hydrogen (secondary N) is 1. The highest BCUT2D eigenvalue weighted by atomic mass is 19.4. The molecule has 0 saturated carbocycles. The highest BCUT2D eigenvalue weighted by Gasteiger charge is 2.41. The van der Waals surface area contributed by atoms with Gasteiger partial charge in [0.15, 0.2) is 0 Å². The molecule has 1 aliphatic heterocycles. The van der Waals surface area contributed by atoms with E-state index in [-0.39, 0.29) is 17.2 Å². The number of alkyl halides is 3. The second kappa shape index (κ2) is 6.69. The van der Waals surface area contributed by atoms with E-state index in [4.69, 9.17) is 4.74 Å². The van der Waals surface area contributed by atoms with Crippen molar-refractivity contribution < 1.29 is 17.9 Å². The lowest BCUT2D eigenvalue weighted by Gasteiger charge is -2.43. The van der Waals surface area contributed by atoms with E-state index in [0.29, 0.717) is 5.56 Å². The minimum Gasteiger partial charge on any atom is -0.497 e. The van der Waals surface area contributed by atoms with Crippen molar-refractivity contribution in [3.05, 3.63) is 29.3 Å². The Kier molecular flexibility index (Phi) is 5.26. The predicted molar refractivity (Wildman–Crippen MR) is 84.6 cm³/mol. The number of halogens is 3. The Bertz CT molecular complexity index is 532. The molecule has 0 unspecified atom stereocenters. The summed E-state index contributed by atoms with van der Waals surface area (Å²) in [5.74, 6) is 0.231. The highest BCUT2D eigenvalue weighted by Crippen LogP contribution is 2.44. The van der Waals surface area contributed by atoms with Gasteiger partial charge in [-0.1, -0.05) is 26.8 Å². The summed E-state index contributed by atoms with van der Waals surface area (Å²) < 4.78 is 45.8. The fraction of sp³-hybridized carbons (Fsp3) is 0.647. The van der Waals surface area contributed by atoms with Gasteiger partial charge in [0.2, 0.25) is 0 Å². The zero-order valence-corrected chi connectivity index (χ0v) is 14.1. The standard InChI is InChI=1S/C17H25F3N2O/c1-16(2,3)15(22-9-7-21-8-10-22)13-6-5-12(23-4)11-14(13)17(18,19)20/h5-6,11,15,21H,7-10H2,1-4H3/t15-/m1/s1. The molecule has 1 N–H and O–H groups in total. The van der Waals surface area contributed by atoms with Gasteiger partial charge in [0.1, 0.15) is 5.75 Å². The van der Waals surface area contributed by atoms with Gasteiger partial charge in [-0.05, 0) is 23.1 Å². The molecule has 0 radical (unpaired) electrons. The van der Waals surface area contributed by atoms with Crippen LogP contribution in [0.4, 0.5) is 13.2 Å². The molecule has 1 aromatic rings. The normalized spacial score (nSPS) is 18.7. The van der Waals surface area contributed by atoms with E-state index in [1.54, 1.807) is 12.1 Å². The van der Waals surface area contributed by atoms with E-state index in [0.717, 1.165) is 32.2 Å². The first kappa shape index (κ1) is 18.1. The second-order valence-corrected chi connectivity index (χ2v) is 7.01. The third kappa shape index (κ3) is 4.18. The number of rotatable bonds is 3. The number of methoxy groups -OCH3 is 1. The van der Waals surface area contributed by atoms with Crippen LogP contribution in [0.5, 0.6) is 5.75 Å². The van der Waals surface area contributed by atoms with Crippen molar-refractivity contribution in [2.24, 2.45) is 5.41 Å². The third-order valence-electron chi connectivity index (χ3n) is 4.20. The number of hydrogen-bond donors (Lipinski definition) is 1. The van der Waals surface area contributed by atoms with Crippen LogP contribution in [-0.4, -0.2) is 38.2 Å². The maximum atomic E-state index is 13.6. The molecule has 0 aromatic heterocycles. The van der Waals surface area contributed by atoms with Crippen LogP contribution in [0, 0.1) is 5.41 Å². The lowest BCUT2D eigenvalue weighted by Crippen LogP contribution is -2.48. The molecule has 0 spiro atoms. The van der Waals surface area contributed by atoms with Crippen LogP contribution in [0.3, 0.4) is 0 Å². The Morgan fingerprint density at radius 1 is 1.13 bits per heavy atom. The Morgan fingerprint density at radius 3 is 2.22 bits per heavy atom. The van der Waals surface area contributed by atoms with Gasteiger partial charge in [-0.15, -0.1) is 0 Å². The Balaban J connectivity index is 2.53. The SMILES string of the molecule is COc1ccc([C@@H](N2CCNCC2)C(C)(C)C)c(C(F)(F)F)c1. The van der Waals surface area contributed by atoms with E-state index in [9.17, 15) is 13.2 Å². The molecule has 1 heterocycles. The smallest absolute Gasteiger partial charge is 0.416 e. The minimum atomic E-state index is -4.40. The zero-order chi connectivity index (χ0) is 17.3. The summed E-state index contributed by atoms with van der Waals surface area (Å²) in [4.78, 5) is 2.15. The molecular formula is C17H25F3N2O. The first-order chi connectivity index (χ1) is 10.6. The van der Waals surface area contributed by atoms with Gasteiger partial charge in [-0.2, -0.15) is 13.2 Å². The molecule has 0 aliphatic carbocycles. The zero-order valence-electron chi connectivity index (χ0n) is 14.1. The van der Waals surface area contributed by atoms with Crippen LogP contribution in [0.25, 0.3) is 0 Å². The van der Waals surface area contributed by atoms with Gasteiger partial charge < -0.3 is 10.1 Å². The summed E-state index contributed by atoms with van der Waals surface area (Å²) in [6.45, 7) is 9.04. The molecule has 130 valence electrons.